The van der Waals surface area contributed by atoms with Gasteiger partial charge in [0, 0.05) is 39.6 Å². The first kappa shape index (κ1) is 22.0. The van der Waals surface area contributed by atoms with E-state index in [-0.39, 0.29) is 35.9 Å². The highest BCUT2D eigenvalue weighted by atomic mass is 127. The zero-order valence-electron chi connectivity index (χ0n) is 16.3. The van der Waals surface area contributed by atoms with E-state index in [0.717, 1.165) is 57.3 Å². The van der Waals surface area contributed by atoms with Crippen molar-refractivity contribution in [3.05, 3.63) is 24.2 Å². The van der Waals surface area contributed by atoms with Crippen molar-refractivity contribution >= 4 is 35.8 Å². The van der Waals surface area contributed by atoms with E-state index in [0.29, 0.717) is 6.04 Å². The zero-order valence-corrected chi connectivity index (χ0v) is 18.6. The molecule has 8 heteroatoms. The van der Waals surface area contributed by atoms with Gasteiger partial charge in [-0.05, 0) is 50.9 Å². The van der Waals surface area contributed by atoms with Crippen LogP contribution in [0.25, 0.3) is 0 Å². The SMILES string of the molecule is CN=C(NCC(c1ccco1)N1CCCC1)NC1CCN(C(C)=O)CC1.I. The standard InChI is InChI=1S/C19H31N5O2.HI/c1-15(25)23-11-7-16(8-12-23)22-19(20-2)21-14-17(18-6-5-13-26-18)24-9-3-4-10-24;/h5-6,13,16-17H,3-4,7-12,14H2,1-2H3,(H2,20,21,22);1H. The van der Waals surface area contributed by atoms with Crippen molar-refractivity contribution < 1.29 is 9.21 Å². The number of hydrogen-bond donors (Lipinski definition) is 2. The van der Waals surface area contributed by atoms with E-state index < -0.39 is 0 Å². The number of likely N-dealkylation sites (tertiary alicyclic amines) is 2. The maximum Gasteiger partial charge on any atom is 0.219 e. The molecule has 0 bridgehead atoms. The first-order valence-electron chi connectivity index (χ1n) is 9.67. The van der Waals surface area contributed by atoms with Crippen LogP contribution in [0.5, 0.6) is 0 Å². The third kappa shape index (κ3) is 6.10. The zero-order chi connectivity index (χ0) is 18.4. The number of carbonyl (C=O) groups excluding carboxylic acids is 1. The molecule has 1 amide bonds. The first-order valence-corrected chi connectivity index (χ1v) is 9.67. The van der Waals surface area contributed by atoms with Crippen molar-refractivity contribution in [3.8, 4) is 0 Å². The third-order valence-corrected chi connectivity index (χ3v) is 5.42. The van der Waals surface area contributed by atoms with Gasteiger partial charge in [0.05, 0.1) is 12.3 Å². The number of nitrogens with one attached hydrogen (secondary N) is 2. The summed E-state index contributed by atoms with van der Waals surface area (Å²) in [6, 6.07) is 4.59. The molecule has 2 aliphatic rings. The van der Waals surface area contributed by atoms with Crippen LogP contribution in [0.2, 0.25) is 0 Å². The average Bonchev–Trinajstić information content (AvgIpc) is 3.36. The van der Waals surface area contributed by atoms with Gasteiger partial charge in [0.25, 0.3) is 0 Å². The summed E-state index contributed by atoms with van der Waals surface area (Å²) in [4.78, 5) is 20.2. The summed E-state index contributed by atoms with van der Waals surface area (Å²) in [6.45, 7) is 6.26. The highest BCUT2D eigenvalue weighted by Crippen LogP contribution is 2.24. The fourth-order valence-electron chi connectivity index (χ4n) is 3.86. The molecule has 1 aromatic heterocycles. The maximum atomic E-state index is 11.5. The van der Waals surface area contributed by atoms with E-state index in [1.165, 1.54) is 12.8 Å². The number of nitrogens with zero attached hydrogens (tertiary/aromatic N) is 3. The van der Waals surface area contributed by atoms with Gasteiger partial charge >= 0.3 is 0 Å². The maximum absolute atomic E-state index is 11.5. The largest absolute Gasteiger partial charge is 0.468 e. The first-order chi connectivity index (χ1) is 12.7. The monoisotopic (exact) mass is 489 g/mol. The summed E-state index contributed by atoms with van der Waals surface area (Å²) < 4.78 is 5.68. The van der Waals surface area contributed by atoms with Crippen molar-refractivity contribution in [2.75, 3.05) is 39.8 Å². The number of aliphatic imine (C=N–C) groups is 1. The third-order valence-electron chi connectivity index (χ3n) is 5.42. The molecular weight excluding hydrogens is 457 g/mol. The number of amides is 1. The van der Waals surface area contributed by atoms with Crippen LogP contribution in [0.4, 0.5) is 0 Å². The van der Waals surface area contributed by atoms with Gasteiger partial charge in [-0.25, -0.2) is 0 Å². The minimum atomic E-state index is 0. The van der Waals surface area contributed by atoms with Gasteiger partial charge in [-0.2, -0.15) is 0 Å². The predicted molar refractivity (Wildman–Crippen MR) is 117 cm³/mol. The number of hydrogen-bond acceptors (Lipinski definition) is 4. The molecule has 27 heavy (non-hydrogen) atoms. The van der Waals surface area contributed by atoms with E-state index in [4.69, 9.17) is 4.42 Å². The van der Waals surface area contributed by atoms with Gasteiger partial charge < -0.3 is 20.0 Å². The lowest BCUT2D eigenvalue weighted by molar-refractivity contribution is -0.129. The number of furan rings is 1. The molecule has 152 valence electrons. The molecule has 1 atom stereocenters. The Labute approximate surface area is 179 Å². The fourth-order valence-corrected chi connectivity index (χ4v) is 3.86. The van der Waals surface area contributed by atoms with E-state index >= 15 is 0 Å². The smallest absolute Gasteiger partial charge is 0.219 e. The summed E-state index contributed by atoms with van der Waals surface area (Å²) in [7, 11) is 1.80. The normalized spacial score (nSPS) is 20.2. The van der Waals surface area contributed by atoms with Crippen LogP contribution in [-0.4, -0.2) is 67.5 Å². The number of piperidine rings is 1. The van der Waals surface area contributed by atoms with Crippen molar-refractivity contribution in [2.24, 2.45) is 4.99 Å². The topological polar surface area (TPSA) is 73.1 Å². The molecule has 7 nitrogen and oxygen atoms in total. The number of carbonyl (C=O) groups is 1. The van der Waals surface area contributed by atoms with E-state index in [9.17, 15) is 4.79 Å². The molecule has 1 aromatic rings. The number of rotatable bonds is 5. The fraction of sp³-hybridized carbons (Fsp3) is 0.684. The van der Waals surface area contributed by atoms with Gasteiger partial charge in [0.2, 0.25) is 5.91 Å². The van der Waals surface area contributed by atoms with Crippen LogP contribution >= 0.6 is 24.0 Å². The molecule has 2 N–H and O–H groups in total. The lowest BCUT2D eigenvalue weighted by Gasteiger charge is -2.33. The Morgan fingerprint density at radius 2 is 2.00 bits per heavy atom. The molecule has 2 aliphatic heterocycles. The lowest BCUT2D eigenvalue weighted by Crippen LogP contribution is -2.50. The van der Waals surface area contributed by atoms with Crippen LogP contribution in [-0.2, 0) is 4.79 Å². The Morgan fingerprint density at radius 1 is 1.30 bits per heavy atom. The van der Waals surface area contributed by atoms with Gasteiger partial charge in [-0.15, -0.1) is 24.0 Å². The van der Waals surface area contributed by atoms with E-state index in [1.54, 1.807) is 20.2 Å². The summed E-state index contributed by atoms with van der Waals surface area (Å²) in [6.07, 6.45) is 6.15. The van der Waals surface area contributed by atoms with Gasteiger partial charge in [0.1, 0.15) is 5.76 Å². The highest BCUT2D eigenvalue weighted by Gasteiger charge is 2.26. The molecule has 0 aliphatic carbocycles. The molecule has 1 unspecified atom stereocenters. The highest BCUT2D eigenvalue weighted by molar-refractivity contribution is 14.0. The van der Waals surface area contributed by atoms with Gasteiger partial charge in [-0.3, -0.25) is 14.7 Å². The van der Waals surface area contributed by atoms with Crippen molar-refractivity contribution in [1.82, 2.24) is 20.4 Å². The van der Waals surface area contributed by atoms with Crippen molar-refractivity contribution in [3.63, 3.8) is 0 Å². The van der Waals surface area contributed by atoms with Crippen LogP contribution in [0, 0.1) is 0 Å². The molecule has 2 saturated heterocycles. The number of halogens is 1. The Morgan fingerprint density at radius 3 is 2.56 bits per heavy atom. The average molecular weight is 489 g/mol. The molecule has 0 saturated carbocycles. The molecule has 0 radical (unpaired) electrons. The van der Waals surface area contributed by atoms with Gasteiger partial charge in [-0.1, -0.05) is 0 Å². The minimum absolute atomic E-state index is 0. The van der Waals surface area contributed by atoms with Crippen LogP contribution in [0.1, 0.15) is 44.4 Å². The Balaban J connectivity index is 0.00000261. The molecule has 3 rings (SSSR count). The summed E-state index contributed by atoms with van der Waals surface area (Å²) in [5.74, 6) is 1.99. The quantitative estimate of drug-likeness (QED) is 0.377. The summed E-state index contributed by atoms with van der Waals surface area (Å²) >= 11 is 0. The molecule has 3 heterocycles. The van der Waals surface area contributed by atoms with Gasteiger partial charge in [0.15, 0.2) is 5.96 Å². The van der Waals surface area contributed by atoms with Crippen molar-refractivity contribution in [2.45, 2.75) is 44.7 Å². The van der Waals surface area contributed by atoms with Crippen LogP contribution < -0.4 is 10.6 Å². The van der Waals surface area contributed by atoms with Crippen LogP contribution in [0.3, 0.4) is 0 Å². The summed E-state index contributed by atoms with van der Waals surface area (Å²) in [5.41, 5.74) is 0. The lowest BCUT2D eigenvalue weighted by atomic mass is 10.1. The molecule has 0 spiro atoms. The van der Waals surface area contributed by atoms with E-state index in [1.807, 2.05) is 11.0 Å². The molecule has 0 aromatic carbocycles. The Hall–Kier alpha value is -1.29. The van der Waals surface area contributed by atoms with E-state index in [2.05, 4.69) is 26.6 Å². The minimum Gasteiger partial charge on any atom is -0.468 e. The van der Waals surface area contributed by atoms with Crippen LogP contribution in [0.15, 0.2) is 27.8 Å². The molecular formula is C19H32IN5O2. The molecule has 2 fully saturated rings. The Bertz CT molecular complexity index is 593. The van der Waals surface area contributed by atoms with Crippen molar-refractivity contribution in [1.29, 1.82) is 0 Å². The second kappa shape index (κ2) is 10.9. The second-order valence-electron chi connectivity index (χ2n) is 7.15. The summed E-state index contributed by atoms with van der Waals surface area (Å²) in [5, 5.41) is 6.98. The number of guanidine groups is 1. The second-order valence-corrected chi connectivity index (χ2v) is 7.15. The Kier molecular flexibility index (Phi) is 8.88. The predicted octanol–water partition coefficient (Wildman–Crippen LogP) is 2.21.